The molecule has 1 amide bonds. The van der Waals surface area contributed by atoms with E-state index in [4.69, 9.17) is 5.11 Å². The molecule has 120 valence electrons. The highest BCUT2D eigenvalue weighted by Crippen LogP contribution is 2.42. The fraction of sp³-hybridized carbons (Fsp3) is 0.688. The molecule has 6 nitrogen and oxygen atoms in total. The van der Waals surface area contributed by atoms with E-state index in [0.29, 0.717) is 11.7 Å². The van der Waals surface area contributed by atoms with Gasteiger partial charge < -0.3 is 10.4 Å². The third kappa shape index (κ3) is 3.48. The first-order chi connectivity index (χ1) is 10.6. The van der Waals surface area contributed by atoms with E-state index in [1.54, 1.807) is 12.3 Å². The van der Waals surface area contributed by atoms with Gasteiger partial charge in [-0.05, 0) is 31.1 Å². The highest BCUT2D eigenvalue weighted by atomic mass is 16.4. The summed E-state index contributed by atoms with van der Waals surface area (Å²) in [6.45, 7) is -0.191. The fourth-order valence-electron chi connectivity index (χ4n) is 3.99. The molecular weight excluding hydrogens is 282 g/mol. The lowest BCUT2D eigenvalue weighted by Crippen LogP contribution is -2.34. The highest BCUT2D eigenvalue weighted by Gasteiger charge is 2.35. The van der Waals surface area contributed by atoms with E-state index < -0.39 is 5.97 Å². The van der Waals surface area contributed by atoms with E-state index in [2.05, 4.69) is 10.4 Å². The third-order valence-corrected chi connectivity index (χ3v) is 5.10. The van der Waals surface area contributed by atoms with Gasteiger partial charge in [-0.15, -0.1) is 0 Å². The minimum absolute atomic E-state index is 0.0320. The number of aliphatic carboxylic acids is 1. The molecule has 2 aliphatic carbocycles. The Morgan fingerprint density at radius 1 is 1.23 bits per heavy atom. The first kappa shape index (κ1) is 15.1. The van der Waals surface area contributed by atoms with E-state index in [1.165, 1.54) is 30.4 Å². The monoisotopic (exact) mass is 305 g/mol. The molecule has 3 atom stereocenters. The molecule has 2 N–H and O–H groups in total. The summed E-state index contributed by atoms with van der Waals surface area (Å²) in [5.41, 5.74) is 0. The van der Waals surface area contributed by atoms with Crippen molar-refractivity contribution in [2.45, 2.75) is 51.5 Å². The van der Waals surface area contributed by atoms with Crippen molar-refractivity contribution in [1.29, 1.82) is 0 Å². The summed E-state index contributed by atoms with van der Waals surface area (Å²) >= 11 is 0. The molecular formula is C16H23N3O3. The zero-order valence-electron chi connectivity index (χ0n) is 12.7. The lowest BCUT2D eigenvalue weighted by atomic mass is 9.67. The molecule has 1 aromatic heterocycles. The van der Waals surface area contributed by atoms with Gasteiger partial charge in [-0.2, -0.15) is 5.10 Å². The number of amides is 1. The topological polar surface area (TPSA) is 84.2 Å². The van der Waals surface area contributed by atoms with Crippen LogP contribution in [0.3, 0.4) is 0 Å². The first-order valence-corrected chi connectivity index (χ1v) is 8.18. The van der Waals surface area contributed by atoms with Crippen molar-refractivity contribution in [2.24, 2.45) is 17.8 Å². The molecule has 0 radical (unpaired) electrons. The van der Waals surface area contributed by atoms with Gasteiger partial charge >= 0.3 is 5.97 Å². The predicted octanol–water partition coefficient (Wildman–Crippen LogP) is 2.51. The lowest BCUT2D eigenvalue weighted by Gasteiger charge is -2.38. The van der Waals surface area contributed by atoms with Gasteiger partial charge in [0.25, 0.3) is 0 Å². The number of carboxylic acid groups (broad SMARTS) is 1. The number of fused-ring (bicyclic) bond motifs is 1. The van der Waals surface area contributed by atoms with E-state index in [1.807, 2.05) is 0 Å². The number of nitrogens with one attached hydrogen (secondary N) is 1. The molecule has 0 aliphatic heterocycles. The third-order valence-electron chi connectivity index (χ3n) is 5.10. The Hall–Kier alpha value is -1.85. The van der Waals surface area contributed by atoms with E-state index in [0.717, 1.165) is 25.2 Å². The van der Waals surface area contributed by atoms with Crippen molar-refractivity contribution >= 4 is 17.7 Å². The van der Waals surface area contributed by atoms with E-state index in [9.17, 15) is 9.59 Å². The van der Waals surface area contributed by atoms with Crippen LogP contribution >= 0.6 is 0 Å². The SMILES string of the molecule is O=C(O)Cn1ccc(NC(=O)C2CCC3CCCCC3C2)n1. The van der Waals surface area contributed by atoms with Crippen LogP contribution in [0.15, 0.2) is 12.3 Å². The molecule has 0 aromatic carbocycles. The van der Waals surface area contributed by atoms with Crippen molar-refractivity contribution in [3.05, 3.63) is 12.3 Å². The maximum Gasteiger partial charge on any atom is 0.325 e. The lowest BCUT2D eigenvalue weighted by molar-refractivity contribution is -0.137. The molecule has 0 spiro atoms. The Morgan fingerprint density at radius 3 is 2.77 bits per heavy atom. The van der Waals surface area contributed by atoms with Crippen LogP contribution in [0.1, 0.15) is 44.9 Å². The Bertz CT molecular complexity index is 555. The van der Waals surface area contributed by atoms with Gasteiger partial charge in [-0.25, -0.2) is 0 Å². The van der Waals surface area contributed by atoms with Crippen LogP contribution < -0.4 is 5.32 Å². The van der Waals surface area contributed by atoms with Gasteiger partial charge in [0.1, 0.15) is 6.54 Å². The summed E-state index contributed by atoms with van der Waals surface area (Å²) in [5, 5.41) is 15.6. The van der Waals surface area contributed by atoms with Gasteiger partial charge in [0.05, 0.1) is 0 Å². The average molecular weight is 305 g/mol. The molecule has 2 saturated carbocycles. The maximum absolute atomic E-state index is 12.4. The van der Waals surface area contributed by atoms with Gasteiger partial charge in [-0.1, -0.05) is 25.7 Å². The molecule has 2 aliphatic rings. The number of hydrogen-bond acceptors (Lipinski definition) is 3. The van der Waals surface area contributed by atoms with Crippen molar-refractivity contribution in [2.75, 3.05) is 5.32 Å². The summed E-state index contributed by atoms with van der Waals surface area (Å²) in [5.74, 6) is 1.14. The highest BCUT2D eigenvalue weighted by molar-refractivity contribution is 5.91. The molecule has 0 bridgehead atoms. The number of carbonyl (C=O) groups is 2. The van der Waals surface area contributed by atoms with Crippen LogP contribution in [0.4, 0.5) is 5.82 Å². The van der Waals surface area contributed by atoms with Gasteiger partial charge in [0.15, 0.2) is 5.82 Å². The minimum Gasteiger partial charge on any atom is -0.480 e. The predicted molar refractivity (Wildman–Crippen MR) is 81.3 cm³/mol. The van der Waals surface area contributed by atoms with Crippen molar-refractivity contribution < 1.29 is 14.7 Å². The smallest absolute Gasteiger partial charge is 0.325 e. The van der Waals surface area contributed by atoms with Gasteiger partial charge in [0.2, 0.25) is 5.91 Å². The number of carboxylic acids is 1. The Kier molecular flexibility index (Phi) is 4.45. The quantitative estimate of drug-likeness (QED) is 0.895. The number of carbonyl (C=O) groups excluding carboxylic acids is 1. The maximum atomic E-state index is 12.4. The van der Waals surface area contributed by atoms with Gasteiger partial charge in [0, 0.05) is 18.2 Å². The number of hydrogen-bond donors (Lipinski definition) is 2. The van der Waals surface area contributed by atoms with Crippen LogP contribution in [0, 0.1) is 17.8 Å². The summed E-state index contributed by atoms with van der Waals surface area (Å²) < 4.78 is 1.32. The van der Waals surface area contributed by atoms with Gasteiger partial charge in [-0.3, -0.25) is 14.3 Å². The Balaban J connectivity index is 1.55. The number of anilines is 1. The average Bonchev–Trinajstić information content (AvgIpc) is 2.93. The summed E-state index contributed by atoms with van der Waals surface area (Å²) in [4.78, 5) is 23.0. The standard InChI is InChI=1S/C16H23N3O3/c20-15(21)10-19-8-7-14(18-19)17-16(22)13-6-5-11-3-1-2-4-12(11)9-13/h7-8,11-13H,1-6,9-10H2,(H,20,21)(H,17,18,22). The van der Waals surface area contributed by atoms with Crippen molar-refractivity contribution in [3.63, 3.8) is 0 Å². The summed E-state index contributed by atoms with van der Waals surface area (Å²) in [7, 11) is 0. The molecule has 1 aromatic rings. The van der Waals surface area contributed by atoms with Crippen LogP contribution in [0.2, 0.25) is 0 Å². The number of rotatable bonds is 4. The molecule has 0 saturated heterocycles. The zero-order valence-corrected chi connectivity index (χ0v) is 12.7. The molecule has 2 fully saturated rings. The van der Waals surface area contributed by atoms with E-state index in [-0.39, 0.29) is 18.4 Å². The van der Waals surface area contributed by atoms with Crippen molar-refractivity contribution in [1.82, 2.24) is 9.78 Å². The number of aromatic nitrogens is 2. The van der Waals surface area contributed by atoms with Crippen LogP contribution in [-0.4, -0.2) is 26.8 Å². The second-order valence-corrected chi connectivity index (χ2v) is 6.60. The Morgan fingerprint density at radius 2 is 2.00 bits per heavy atom. The van der Waals surface area contributed by atoms with Crippen LogP contribution in [0.5, 0.6) is 0 Å². The molecule has 1 heterocycles. The molecule has 6 heteroatoms. The zero-order chi connectivity index (χ0) is 15.5. The normalized spacial score (nSPS) is 27.9. The molecule has 3 unspecified atom stereocenters. The molecule has 22 heavy (non-hydrogen) atoms. The fourth-order valence-corrected chi connectivity index (χ4v) is 3.99. The summed E-state index contributed by atoms with van der Waals surface area (Å²) in [6, 6.07) is 1.65. The largest absolute Gasteiger partial charge is 0.480 e. The second-order valence-electron chi connectivity index (χ2n) is 6.60. The minimum atomic E-state index is -0.948. The van der Waals surface area contributed by atoms with E-state index >= 15 is 0 Å². The summed E-state index contributed by atoms with van der Waals surface area (Å²) in [6.07, 6.45) is 9.93. The molecule has 3 rings (SSSR count). The van der Waals surface area contributed by atoms with Crippen molar-refractivity contribution in [3.8, 4) is 0 Å². The second kappa shape index (κ2) is 6.50. The van der Waals surface area contributed by atoms with Crippen LogP contribution in [0.25, 0.3) is 0 Å². The first-order valence-electron chi connectivity index (χ1n) is 8.18. The number of nitrogens with zero attached hydrogens (tertiary/aromatic N) is 2. The Labute approximate surface area is 129 Å². The van der Waals surface area contributed by atoms with Crippen LogP contribution in [-0.2, 0) is 16.1 Å².